The summed E-state index contributed by atoms with van der Waals surface area (Å²) in [5, 5.41) is 6.71. The topological polar surface area (TPSA) is 85.4 Å². The van der Waals surface area contributed by atoms with Crippen LogP contribution in [-0.4, -0.2) is 23.3 Å². The van der Waals surface area contributed by atoms with E-state index in [9.17, 15) is 4.39 Å². The number of aromatic nitrogens is 2. The highest BCUT2D eigenvalue weighted by Crippen LogP contribution is 2.24. The van der Waals surface area contributed by atoms with Gasteiger partial charge in [0, 0.05) is 5.02 Å². The van der Waals surface area contributed by atoms with Gasteiger partial charge < -0.3 is 15.9 Å². The molecule has 0 aliphatic rings. The van der Waals surface area contributed by atoms with Crippen molar-refractivity contribution in [3.05, 3.63) is 40.9 Å². The van der Waals surface area contributed by atoms with Crippen molar-refractivity contribution < 1.29 is 9.23 Å². The maximum absolute atomic E-state index is 13.7. The Balaban J connectivity index is 2.38. The van der Waals surface area contributed by atoms with E-state index in [0.29, 0.717) is 16.4 Å². The van der Waals surface area contributed by atoms with Crippen molar-refractivity contribution in [3.63, 3.8) is 0 Å². The van der Waals surface area contributed by atoms with Crippen LogP contribution in [0.5, 0.6) is 0 Å². The van der Waals surface area contributed by atoms with Gasteiger partial charge in [-0.1, -0.05) is 16.8 Å². The second kappa shape index (κ2) is 6.16. The van der Waals surface area contributed by atoms with Gasteiger partial charge in [0.25, 0.3) is 0 Å². The summed E-state index contributed by atoms with van der Waals surface area (Å²) in [7, 11) is 1.39. The first-order valence-corrected chi connectivity index (χ1v) is 5.88. The molecule has 20 heavy (non-hydrogen) atoms. The van der Waals surface area contributed by atoms with Gasteiger partial charge in [0.2, 0.25) is 0 Å². The SMILES string of the molecule is CO/N=C\c1c(N)ncnc1Nc1ccc(Cl)cc1F. The van der Waals surface area contributed by atoms with Crippen LogP contribution in [0.2, 0.25) is 5.02 Å². The molecule has 0 aliphatic carbocycles. The molecular formula is C12H11ClFN5O. The molecule has 0 bridgehead atoms. The Hall–Kier alpha value is -2.41. The molecule has 8 heteroatoms. The number of anilines is 3. The molecule has 1 aromatic heterocycles. The highest BCUT2D eigenvalue weighted by atomic mass is 35.5. The number of hydrogen-bond donors (Lipinski definition) is 2. The predicted molar refractivity (Wildman–Crippen MR) is 75.7 cm³/mol. The first-order chi connectivity index (χ1) is 9.61. The van der Waals surface area contributed by atoms with Gasteiger partial charge in [-0.05, 0) is 18.2 Å². The molecule has 0 amide bonds. The van der Waals surface area contributed by atoms with Crippen LogP contribution in [0.1, 0.15) is 5.56 Å². The summed E-state index contributed by atoms with van der Waals surface area (Å²) in [6, 6.07) is 4.24. The fraction of sp³-hybridized carbons (Fsp3) is 0.0833. The van der Waals surface area contributed by atoms with Crippen LogP contribution < -0.4 is 11.1 Å². The summed E-state index contributed by atoms with van der Waals surface area (Å²) in [6.45, 7) is 0. The van der Waals surface area contributed by atoms with Gasteiger partial charge in [-0.15, -0.1) is 0 Å². The summed E-state index contributed by atoms with van der Waals surface area (Å²) in [5.74, 6) is -0.0125. The monoisotopic (exact) mass is 295 g/mol. The summed E-state index contributed by atoms with van der Waals surface area (Å²) in [6.07, 6.45) is 2.60. The zero-order chi connectivity index (χ0) is 14.5. The molecule has 2 rings (SSSR count). The zero-order valence-electron chi connectivity index (χ0n) is 10.5. The average molecular weight is 296 g/mol. The van der Waals surface area contributed by atoms with Crippen molar-refractivity contribution in [3.8, 4) is 0 Å². The lowest BCUT2D eigenvalue weighted by Gasteiger charge is -2.10. The molecule has 0 unspecified atom stereocenters. The molecule has 0 fully saturated rings. The number of rotatable bonds is 4. The van der Waals surface area contributed by atoms with Gasteiger partial charge in [0.1, 0.15) is 30.9 Å². The van der Waals surface area contributed by atoms with Crippen molar-refractivity contribution in [2.45, 2.75) is 0 Å². The van der Waals surface area contributed by atoms with E-state index in [1.165, 1.54) is 31.8 Å². The van der Waals surface area contributed by atoms with Crippen LogP contribution in [0.4, 0.5) is 21.7 Å². The van der Waals surface area contributed by atoms with Gasteiger partial charge in [0.15, 0.2) is 0 Å². The number of nitrogens with two attached hydrogens (primary N) is 1. The molecule has 1 aromatic carbocycles. The molecule has 0 spiro atoms. The van der Waals surface area contributed by atoms with Crippen molar-refractivity contribution in [1.82, 2.24) is 9.97 Å². The lowest BCUT2D eigenvalue weighted by molar-refractivity contribution is 0.215. The lowest BCUT2D eigenvalue weighted by atomic mass is 10.2. The van der Waals surface area contributed by atoms with E-state index in [0.717, 1.165) is 0 Å². The highest BCUT2D eigenvalue weighted by molar-refractivity contribution is 6.30. The maximum atomic E-state index is 13.7. The number of oxime groups is 1. The van der Waals surface area contributed by atoms with Gasteiger partial charge in [0.05, 0.1) is 17.5 Å². The standard InChI is InChI=1S/C12H11ClFN5O/c1-20-18-5-8-11(15)16-6-17-12(8)19-10-3-2-7(13)4-9(10)14/h2-6H,1H3,(H3,15,16,17,19)/b18-5-. The molecule has 0 radical (unpaired) electrons. The third kappa shape index (κ3) is 3.12. The van der Waals surface area contributed by atoms with Crippen molar-refractivity contribution in [2.75, 3.05) is 18.2 Å². The minimum absolute atomic E-state index is 0.192. The Kier molecular flexibility index (Phi) is 4.31. The van der Waals surface area contributed by atoms with Crippen molar-refractivity contribution >= 4 is 35.1 Å². The van der Waals surface area contributed by atoms with Gasteiger partial charge in [-0.25, -0.2) is 14.4 Å². The largest absolute Gasteiger partial charge is 0.399 e. The summed E-state index contributed by atoms with van der Waals surface area (Å²) in [5.41, 5.74) is 6.33. The molecule has 0 saturated carbocycles. The number of nitrogens with zero attached hydrogens (tertiary/aromatic N) is 3. The van der Waals surface area contributed by atoms with Gasteiger partial charge in [-0.3, -0.25) is 0 Å². The van der Waals surface area contributed by atoms with Crippen LogP contribution in [-0.2, 0) is 4.84 Å². The fourth-order valence-electron chi connectivity index (χ4n) is 1.46. The molecular weight excluding hydrogens is 285 g/mol. The number of halogens is 2. The smallest absolute Gasteiger partial charge is 0.148 e. The average Bonchev–Trinajstić information content (AvgIpc) is 2.41. The highest BCUT2D eigenvalue weighted by Gasteiger charge is 2.10. The lowest BCUT2D eigenvalue weighted by Crippen LogP contribution is -2.05. The Morgan fingerprint density at radius 2 is 2.25 bits per heavy atom. The quantitative estimate of drug-likeness (QED) is 0.669. The Bertz CT molecular complexity index is 650. The van der Waals surface area contributed by atoms with Gasteiger partial charge in [-0.2, -0.15) is 0 Å². The third-order valence-electron chi connectivity index (χ3n) is 2.39. The van der Waals surface area contributed by atoms with E-state index in [2.05, 4.69) is 25.3 Å². The summed E-state index contributed by atoms with van der Waals surface area (Å²) >= 11 is 5.69. The second-order valence-corrected chi connectivity index (χ2v) is 4.12. The third-order valence-corrected chi connectivity index (χ3v) is 2.62. The summed E-state index contributed by atoms with van der Waals surface area (Å²) < 4.78 is 13.7. The molecule has 0 aliphatic heterocycles. The second-order valence-electron chi connectivity index (χ2n) is 3.69. The Morgan fingerprint density at radius 3 is 2.95 bits per heavy atom. The zero-order valence-corrected chi connectivity index (χ0v) is 11.2. The van der Waals surface area contributed by atoms with Gasteiger partial charge >= 0.3 is 0 Å². The van der Waals surface area contributed by atoms with E-state index in [4.69, 9.17) is 17.3 Å². The van der Waals surface area contributed by atoms with Crippen molar-refractivity contribution in [2.24, 2.45) is 5.16 Å². The predicted octanol–water partition coefficient (Wildman–Crippen LogP) is 2.58. The number of nitrogens with one attached hydrogen (secondary N) is 1. The van der Waals surface area contributed by atoms with E-state index in [1.807, 2.05) is 0 Å². The van der Waals surface area contributed by atoms with E-state index < -0.39 is 5.82 Å². The molecule has 6 nitrogen and oxygen atoms in total. The minimum atomic E-state index is -0.510. The molecule has 2 aromatic rings. The first-order valence-electron chi connectivity index (χ1n) is 5.51. The molecule has 1 heterocycles. The van der Waals surface area contributed by atoms with Crippen LogP contribution in [0.3, 0.4) is 0 Å². The summed E-state index contributed by atoms with van der Waals surface area (Å²) in [4.78, 5) is 12.4. The molecule has 0 atom stereocenters. The van der Waals surface area contributed by atoms with E-state index in [-0.39, 0.29) is 11.5 Å². The first kappa shape index (κ1) is 14.0. The van der Waals surface area contributed by atoms with Crippen molar-refractivity contribution in [1.29, 1.82) is 0 Å². The Labute approximate surface area is 119 Å². The van der Waals surface area contributed by atoms with Crippen LogP contribution in [0.15, 0.2) is 29.7 Å². The van der Waals surface area contributed by atoms with E-state index in [1.54, 1.807) is 6.07 Å². The number of hydrogen-bond acceptors (Lipinski definition) is 6. The van der Waals surface area contributed by atoms with Crippen LogP contribution in [0.25, 0.3) is 0 Å². The molecule has 3 N–H and O–H groups in total. The number of nitrogen functional groups attached to an aromatic ring is 1. The molecule has 104 valence electrons. The van der Waals surface area contributed by atoms with E-state index >= 15 is 0 Å². The minimum Gasteiger partial charge on any atom is -0.399 e. The molecule has 0 saturated heterocycles. The maximum Gasteiger partial charge on any atom is 0.148 e. The van der Waals surface area contributed by atoms with Crippen LogP contribution in [0, 0.1) is 5.82 Å². The fourth-order valence-corrected chi connectivity index (χ4v) is 1.62. The van der Waals surface area contributed by atoms with Crippen LogP contribution >= 0.6 is 11.6 Å². The number of benzene rings is 1. The normalized spacial score (nSPS) is 10.8. The Morgan fingerprint density at radius 1 is 1.45 bits per heavy atom.